The summed E-state index contributed by atoms with van der Waals surface area (Å²) in [4.78, 5) is 12.8. The van der Waals surface area contributed by atoms with Gasteiger partial charge in [-0.15, -0.1) is 0 Å². The van der Waals surface area contributed by atoms with Crippen LogP contribution in [0, 0.1) is 12.3 Å². The molecule has 0 saturated carbocycles. The molecule has 0 unspecified atom stereocenters. The molecule has 0 spiro atoms. The van der Waals surface area contributed by atoms with Crippen molar-refractivity contribution < 1.29 is 9.53 Å². The Bertz CT molecular complexity index is 770. The zero-order valence-electron chi connectivity index (χ0n) is 14.6. The Kier molecular flexibility index (Phi) is 4.57. The second kappa shape index (κ2) is 6.64. The summed E-state index contributed by atoms with van der Waals surface area (Å²) in [7, 11) is 0. The molecule has 1 aliphatic rings. The first-order chi connectivity index (χ1) is 11.5. The Hall–Kier alpha value is -2.35. The van der Waals surface area contributed by atoms with Gasteiger partial charge in [0.15, 0.2) is 5.78 Å². The summed E-state index contributed by atoms with van der Waals surface area (Å²) in [6.45, 7) is 6.80. The minimum atomic E-state index is -0.0602. The summed E-state index contributed by atoms with van der Waals surface area (Å²) in [5.74, 6) is 1.01. The normalized spacial score (nSPS) is 17.0. The molecule has 2 nitrogen and oxygen atoms in total. The summed E-state index contributed by atoms with van der Waals surface area (Å²) < 4.78 is 6.16. The number of ketones is 1. The van der Waals surface area contributed by atoms with Crippen LogP contribution in [0.1, 0.15) is 43.4 Å². The van der Waals surface area contributed by atoms with Crippen molar-refractivity contribution >= 4 is 11.4 Å². The minimum Gasteiger partial charge on any atom is -0.492 e. The van der Waals surface area contributed by atoms with Crippen LogP contribution in [0.2, 0.25) is 0 Å². The molecule has 124 valence electrons. The highest BCUT2D eigenvalue weighted by Crippen LogP contribution is 2.41. The Morgan fingerprint density at radius 1 is 0.958 bits per heavy atom. The van der Waals surface area contributed by atoms with E-state index in [1.165, 1.54) is 0 Å². The molecule has 3 rings (SSSR count). The molecule has 0 heterocycles. The van der Waals surface area contributed by atoms with Gasteiger partial charge in [0, 0.05) is 12.8 Å². The lowest BCUT2D eigenvalue weighted by atomic mass is 9.74. The molecule has 0 bridgehead atoms. The molecule has 0 atom stereocenters. The molecule has 2 aromatic rings. The average Bonchev–Trinajstić information content (AvgIpc) is 2.54. The molecule has 0 N–H and O–H groups in total. The maximum Gasteiger partial charge on any atom is 0.167 e. The molecule has 0 saturated heterocycles. The fourth-order valence-corrected chi connectivity index (χ4v) is 3.29. The van der Waals surface area contributed by atoms with Crippen molar-refractivity contribution in [1.82, 2.24) is 0 Å². The van der Waals surface area contributed by atoms with E-state index in [9.17, 15) is 4.79 Å². The number of Topliss-reactive ketones (excluding diaryl/α,β-unsaturated/α-hetero) is 1. The topological polar surface area (TPSA) is 26.3 Å². The molecular weight excluding hydrogens is 296 g/mol. The maximum absolute atomic E-state index is 12.8. The first-order valence-corrected chi connectivity index (χ1v) is 8.45. The van der Waals surface area contributed by atoms with Crippen LogP contribution in [0.25, 0.3) is 5.57 Å². The highest BCUT2D eigenvalue weighted by atomic mass is 16.5. The number of aryl methyl sites for hydroxylation is 1. The van der Waals surface area contributed by atoms with Crippen LogP contribution in [-0.4, -0.2) is 5.78 Å². The third kappa shape index (κ3) is 3.59. The van der Waals surface area contributed by atoms with E-state index in [0.717, 1.165) is 34.4 Å². The summed E-state index contributed by atoms with van der Waals surface area (Å²) in [5.41, 5.74) is 3.94. The Balaban J connectivity index is 1.98. The Labute approximate surface area is 144 Å². The molecule has 1 aliphatic carbocycles. The van der Waals surface area contributed by atoms with Crippen LogP contribution in [-0.2, 0) is 16.1 Å². The summed E-state index contributed by atoms with van der Waals surface area (Å²) in [6, 6.07) is 18.1. The van der Waals surface area contributed by atoms with Crippen molar-refractivity contribution in [2.75, 3.05) is 0 Å². The number of benzene rings is 2. The van der Waals surface area contributed by atoms with E-state index in [2.05, 4.69) is 13.8 Å². The van der Waals surface area contributed by atoms with Gasteiger partial charge in [-0.25, -0.2) is 0 Å². The van der Waals surface area contributed by atoms with Gasteiger partial charge in [-0.2, -0.15) is 0 Å². The van der Waals surface area contributed by atoms with Crippen molar-refractivity contribution in [3.8, 4) is 0 Å². The largest absolute Gasteiger partial charge is 0.492 e. The van der Waals surface area contributed by atoms with Crippen molar-refractivity contribution in [2.45, 2.75) is 40.2 Å². The molecule has 0 radical (unpaired) electrons. The van der Waals surface area contributed by atoms with Crippen LogP contribution in [0.3, 0.4) is 0 Å². The minimum absolute atomic E-state index is 0.0602. The van der Waals surface area contributed by atoms with Gasteiger partial charge in [0.1, 0.15) is 12.4 Å². The lowest BCUT2D eigenvalue weighted by Crippen LogP contribution is -2.26. The predicted octanol–water partition coefficient (Wildman–Crippen LogP) is 5.31. The molecule has 0 amide bonds. The van der Waals surface area contributed by atoms with Gasteiger partial charge in [-0.1, -0.05) is 68.4 Å². The predicted molar refractivity (Wildman–Crippen MR) is 97.4 cm³/mol. The molecule has 0 fully saturated rings. The lowest BCUT2D eigenvalue weighted by molar-refractivity contribution is -0.116. The van der Waals surface area contributed by atoms with Crippen LogP contribution >= 0.6 is 0 Å². The second-order valence-electron chi connectivity index (χ2n) is 7.33. The van der Waals surface area contributed by atoms with E-state index in [4.69, 9.17) is 4.74 Å². The second-order valence-corrected chi connectivity index (χ2v) is 7.33. The van der Waals surface area contributed by atoms with Crippen LogP contribution in [0.15, 0.2) is 60.4 Å². The summed E-state index contributed by atoms with van der Waals surface area (Å²) >= 11 is 0. The third-order valence-electron chi connectivity index (χ3n) is 4.51. The van der Waals surface area contributed by atoms with E-state index in [0.29, 0.717) is 13.0 Å². The smallest absolute Gasteiger partial charge is 0.167 e. The number of carbonyl (C=O) groups is 1. The fraction of sp³-hybridized carbons (Fsp3) is 0.318. The van der Waals surface area contributed by atoms with Gasteiger partial charge >= 0.3 is 0 Å². The quantitative estimate of drug-likeness (QED) is 0.763. The highest BCUT2D eigenvalue weighted by molar-refractivity contribution is 6.22. The number of hydrogen-bond acceptors (Lipinski definition) is 2. The fourth-order valence-electron chi connectivity index (χ4n) is 3.29. The molecule has 2 heteroatoms. The van der Waals surface area contributed by atoms with E-state index in [1.54, 1.807) is 0 Å². The standard InChI is InChI=1S/C22H24O2/c1-16-9-7-8-12-18(16)21-19(23)13-22(2,3)14-20(21)24-15-17-10-5-4-6-11-17/h4-12H,13-15H2,1-3H3. The number of ether oxygens (including phenoxy) is 1. The zero-order chi connectivity index (χ0) is 17.2. The van der Waals surface area contributed by atoms with Crippen LogP contribution < -0.4 is 0 Å². The van der Waals surface area contributed by atoms with Gasteiger partial charge < -0.3 is 4.74 Å². The maximum atomic E-state index is 12.8. The monoisotopic (exact) mass is 320 g/mol. The van der Waals surface area contributed by atoms with E-state index in [-0.39, 0.29) is 11.2 Å². The van der Waals surface area contributed by atoms with Gasteiger partial charge in [0.25, 0.3) is 0 Å². The van der Waals surface area contributed by atoms with Gasteiger partial charge in [-0.05, 0) is 29.0 Å². The molecule has 2 aromatic carbocycles. The van der Waals surface area contributed by atoms with Crippen LogP contribution in [0.5, 0.6) is 0 Å². The Morgan fingerprint density at radius 2 is 1.62 bits per heavy atom. The summed E-state index contributed by atoms with van der Waals surface area (Å²) in [5, 5.41) is 0. The van der Waals surface area contributed by atoms with Crippen molar-refractivity contribution in [2.24, 2.45) is 5.41 Å². The molecule has 0 aromatic heterocycles. The molecular formula is C22H24O2. The van der Waals surface area contributed by atoms with Crippen molar-refractivity contribution in [1.29, 1.82) is 0 Å². The zero-order valence-corrected chi connectivity index (χ0v) is 14.6. The number of hydrogen-bond donors (Lipinski definition) is 0. The molecule has 0 aliphatic heterocycles. The highest BCUT2D eigenvalue weighted by Gasteiger charge is 2.35. The van der Waals surface area contributed by atoms with E-state index in [1.807, 2.05) is 61.5 Å². The van der Waals surface area contributed by atoms with E-state index >= 15 is 0 Å². The average molecular weight is 320 g/mol. The van der Waals surface area contributed by atoms with Crippen molar-refractivity contribution in [3.63, 3.8) is 0 Å². The molecule has 24 heavy (non-hydrogen) atoms. The van der Waals surface area contributed by atoms with Crippen molar-refractivity contribution in [3.05, 3.63) is 77.0 Å². The number of allylic oxidation sites excluding steroid dienone is 2. The number of carbonyl (C=O) groups excluding carboxylic acids is 1. The first-order valence-electron chi connectivity index (χ1n) is 8.45. The van der Waals surface area contributed by atoms with Gasteiger partial charge in [0.05, 0.1) is 5.57 Å². The lowest BCUT2D eigenvalue weighted by Gasteiger charge is -2.32. The first kappa shape index (κ1) is 16.5. The summed E-state index contributed by atoms with van der Waals surface area (Å²) in [6.07, 6.45) is 1.35. The van der Waals surface area contributed by atoms with Gasteiger partial charge in [-0.3, -0.25) is 4.79 Å². The van der Waals surface area contributed by atoms with Gasteiger partial charge in [0.2, 0.25) is 0 Å². The third-order valence-corrected chi connectivity index (χ3v) is 4.51. The van der Waals surface area contributed by atoms with E-state index < -0.39 is 0 Å². The van der Waals surface area contributed by atoms with Crippen LogP contribution in [0.4, 0.5) is 0 Å². The Morgan fingerprint density at radius 3 is 2.33 bits per heavy atom. The number of rotatable bonds is 4. The SMILES string of the molecule is Cc1ccccc1C1=C(OCc2ccccc2)CC(C)(C)CC1=O.